The normalized spacial score (nSPS) is 9.66. The van der Waals surface area contributed by atoms with Gasteiger partial charge in [-0.3, -0.25) is 19.2 Å². The summed E-state index contributed by atoms with van der Waals surface area (Å²) in [5.74, 6) is 0.135. The summed E-state index contributed by atoms with van der Waals surface area (Å²) >= 11 is 3.88. The highest BCUT2D eigenvalue weighted by Crippen LogP contribution is 1.99. The summed E-state index contributed by atoms with van der Waals surface area (Å²) in [4.78, 5) is 47.5. The molecule has 0 saturated heterocycles. The average Bonchev–Trinajstić information content (AvgIpc) is 2.97. The van der Waals surface area contributed by atoms with Crippen molar-refractivity contribution in [1.29, 1.82) is 0 Å². The molecule has 9 nitrogen and oxygen atoms in total. The van der Waals surface area contributed by atoms with Gasteiger partial charge in [-0.15, -0.1) is 0 Å². The van der Waals surface area contributed by atoms with Gasteiger partial charge in [-0.25, -0.2) is 0 Å². The Hall–Kier alpha value is -3.37. The van der Waals surface area contributed by atoms with Crippen LogP contribution in [0.1, 0.15) is 68.2 Å². The smallest absolute Gasteiger partial charge is 0.251 e. The van der Waals surface area contributed by atoms with Crippen LogP contribution in [0.5, 0.6) is 0 Å². The number of unbranched alkanes of at least 4 members (excludes halogenated alkanes) is 2. The van der Waals surface area contributed by atoms with E-state index >= 15 is 0 Å². The number of nitrogens with one attached hydrogen (secondary N) is 4. The molecule has 0 aliphatic rings. The highest BCUT2D eigenvalue weighted by atomic mass is 32.1. The summed E-state index contributed by atoms with van der Waals surface area (Å²) in [5.41, 5.74) is 1.36. The van der Waals surface area contributed by atoms with Crippen molar-refractivity contribution in [3.8, 4) is 0 Å². The van der Waals surface area contributed by atoms with Crippen LogP contribution in [0.25, 0.3) is 0 Å². The second-order valence-corrected chi connectivity index (χ2v) is 9.14. The molecule has 2 aromatic rings. The summed E-state index contributed by atoms with van der Waals surface area (Å²) in [7, 11) is 1.95. The van der Waals surface area contributed by atoms with Crippen LogP contribution in [-0.2, 0) is 9.59 Å². The van der Waals surface area contributed by atoms with Gasteiger partial charge in [0.2, 0.25) is 11.8 Å². The third-order valence-corrected chi connectivity index (χ3v) is 5.88. The molecular formula is C31H51N5O4S. The van der Waals surface area contributed by atoms with Crippen LogP contribution in [0.2, 0.25) is 0 Å². The van der Waals surface area contributed by atoms with E-state index in [1.165, 1.54) is 0 Å². The first kappa shape index (κ1) is 39.8. The predicted octanol–water partition coefficient (Wildman–Crippen LogP) is 3.78. The Labute approximate surface area is 252 Å². The van der Waals surface area contributed by atoms with E-state index in [-0.39, 0.29) is 44.2 Å². The number of carbonyl (C=O) groups excluding carboxylic acids is 4. The van der Waals surface area contributed by atoms with Crippen LogP contribution in [0.4, 0.5) is 0 Å². The maximum atomic E-state index is 11.8. The van der Waals surface area contributed by atoms with Crippen LogP contribution >= 0.6 is 12.6 Å². The van der Waals surface area contributed by atoms with Crippen LogP contribution < -0.4 is 21.3 Å². The molecule has 4 N–H and O–H groups in total. The van der Waals surface area contributed by atoms with E-state index in [1.54, 1.807) is 24.3 Å². The minimum atomic E-state index is -0.0703. The lowest BCUT2D eigenvalue weighted by Crippen LogP contribution is -2.37. The Balaban J connectivity index is 0. The molecule has 0 aliphatic heterocycles. The first-order valence-corrected chi connectivity index (χ1v) is 14.0. The Morgan fingerprint density at radius 2 is 1.05 bits per heavy atom. The molecule has 0 saturated carbocycles. The van der Waals surface area contributed by atoms with Gasteiger partial charge in [0.25, 0.3) is 11.8 Å². The predicted molar refractivity (Wildman–Crippen MR) is 173 cm³/mol. The van der Waals surface area contributed by atoms with Gasteiger partial charge in [-0.05, 0) is 50.6 Å². The second-order valence-electron chi connectivity index (χ2n) is 8.82. The van der Waals surface area contributed by atoms with Crippen molar-refractivity contribution < 1.29 is 19.2 Å². The van der Waals surface area contributed by atoms with E-state index < -0.39 is 0 Å². The molecule has 0 aromatic heterocycles. The average molecular weight is 590 g/mol. The standard InChI is InChI=1S/C15H22N2O2.C14H21N3O2S.2CH4/c1-2-14(18)16-11-7-4-8-12-17-15(19)13-9-5-3-6-10-13;1-17(9-7-15-13(18)11-20)10-8-16-14(19)12-5-3-2-4-6-12;;/h3,5-6,9-10H,2,4,7-8,11-12H2,1H3,(H,16,18)(H,17,19);2-6,20H,7-11H2,1H3,(H,15,18)(H,16,19);2*1H4. The van der Waals surface area contributed by atoms with Crippen molar-refractivity contribution in [2.45, 2.75) is 47.5 Å². The van der Waals surface area contributed by atoms with Gasteiger partial charge in [0.05, 0.1) is 5.75 Å². The Morgan fingerprint density at radius 3 is 1.51 bits per heavy atom. The van der Waals surface area contributed by atoms with Crippen LogP contribution in [0.15, 0.2) is 60.7 Å². The first-order chi connectivity index (χ1) is 18.9. The number of hydrogen-bond donors (Lipinski definition) is 5. The molecule has 0 atom stereocenters. The third-order valence-electron chi connectivity index (χ3n) is 5.59. The number of thiol groups is 1. The molecule has 0 bridgehead atoms. The largest absolute Gasteiger partial charge is 0.356 e. The van der Waals surface area contributed by atoms with Crippen molar-refractivity contribution in [1.82, 2.24) is 26.2 Å². The molecule has 2 aromatic carbocycles. The van der Waals surface area contributed by atoms with E-state index in [1.807, 2.05) is 55.3 Å². The molecule has 0 spiro atoms. The topological polar surface area (TPSA) is 120 Å². The summed E-state index contributed by atoms with van der Waals surface area (Å²) in [6.45, 7) is 5.87. The van der Waals surface area contributed by atoms with Gasteiger partial charge in [-0.1, -0.05) is 58.2 Å². The Bertz CT molecular complexity index is 977. The summed E-state index contributed by atoms with van der Waals surface area (Å²) < 4.78 is 0. The lowest BCUT2D eigenvalue weighted by Gasteiger charge is -2.17. The number of amides is 4. The molecule has 0 unspecified atom stereocenters. The monoisotopic (exact) mass is 589 g/mol. The molecule has 0 aliphatic carbocycles. The number of carbonyl (C=O) groups is 4. The van der Waals surface area contributed by atoms with Gasteiger partial charge >= 0.3 is 0 Å². The Kier molecular flexibility index (Phi) is 24.8. The third kappa shape index (κ3) is 20.2. The van der Waals surface area contributed by atoms with E-state index in [2.05, 4.69) is 33.9 Å². The van der Waals surface area contributed by atoms with E-state index in [0.29, 0.717) is 37.2 Å². The number of hydrogen-bond acceptors (Lipinski definition) is 6. The van der Waals surface area contributed by atoms with Gasteiger partial charge in [0.15, 0.2) is 0 Å². The lowest BCUT2D eigenvalue weighted by atomic mass is 10.2. The molecule has 2 rings (SSSR count). The fourth-order valence-electron chi connectivity index (χ4n) is 3.28. The van der Waals surface area contributed by atoms with Crippen molar-refractivity contribution in [3.63, 3.8) is 0 Å². The molecule has 4 amide bonds. The van der Waals surface area contributed by atoms with Gasteiger partial charge in [-0.2, -0.15) is 12.6 Å². The molecular weight excluding hydrogens is 538 g/mol. The first-order valence-electron chi connectivity index (χ1n) is 13.4. The van der Waals surface area contributed by atoms with Gasteiger partial charge < -0.3 is 26.2 Å². The SMILES string of the molecule is C.C.CCC(=O)NCCCCCNC(=O)c1ccccc1.CN(CCNC(=O)CS)CCNC(=O)c1ccccc1. The molecule has 10 heteroatoms. The zero-order valence-electron chi connectivity index (χ0n) is 23.1. The Morgan fingerprint density at radius 1 is 0.634 bits per heavy atom. The maximum absolute atomic E-state index is 11.8. The molecule has 0 heterocycles. The molecule has 0 radical (unpaired) electrons. The van der Waals surface area contributed by atoms with Crippen molar-refractivity contribution >= 4 is 36.3 Å². The van der Waals surface area contributed by atoms with E-state index in [9.17, 15) is 19.2 Å². The molecule has 230 valence electrons. The minimum Gasteiger partial charge on any atom is -0.356 e. The van der Waals surface area contributed by atoms with Crippen LogP contribution in [0.3, 0.4) is 0 Å². The second kappa shape index (κ2) is 25.6. The number of likely N-dealkylation sites (N-methyl/N-ethyl adjacent to an activating group) is 1. The fraction of sp³-hybridized carbons (Fsp3) is 0.484. The van der Waals surface area contributed by atoms with Crippen LogP contribution in [-0.4, -0.2) is 80.6 Å². The van der Waals surface area contributed by atoms with Gasteiger partial charge in [0.1, 0.15) is 0 Å². The quantitative estimate of drug-likeness (QED) is 0.151. The fourth-order valence-corrected chi connectivity index (χ4v) is 3.39. The molecule has 0 fully saturated rings. The van der Waals surface area contributed by atoms with E-state index in [0.717, 1.165) is 38.9 Å². The minimum absolute atomic E-state index is 0. The zero-order valence-corrected chi connectivity index (χ0v) is 24.0. The van der Waals surface area contributed by atoms with Crippen LogP contribution in [0, 0.1) is 0 Å². The number of nitrogens with zero attached hydrogens (tertiary/aromatic N) is 1. The summed E-state index contributed by atoms with van der Waals surface area (Å²) in [6.07, 6.45) is 3.42. The van der Waals surface area contributed by atoms with E-state index in [4.69, 9.17) is 0 Å². The number of rotatable bonds is 16. The summed E-state index contributed by atoms with van der Waals surface area (Å²) in [5, 5.41) is 11.3. The zero-order chi connectivity index (χ0) is 28.7. The van der Waals surface area contributed by atoms with Crippen molar-refractivity contribution in [3.05, 3.63) is 71.8 Å². The molecule has 41 heavy (non-hydrogen) atoms. The van der Waals surface area contributed by atoms with Gasteiger partial charge in [0, 0.05) is 56.8 Å². The van der Waals surface area contributed by atoms with Crippen molar-refractivity contribution in [2.24, 2.45) is 0 Å². The highest BCUT2D eigenvalue weighted by Gasteiger charge is 2.05. The lowest BCUT2D eigenvalue weighted by molar-refractivity contribution is -0.121. The summed E-state index contributed by atoms with van der Waals surface area (Å²) in [6, 6.07) is 18.3. The highest BCUT2D eigenvalue weighted by molar-refractivity contribution is 7.81. The number of benzene rings is 2. The van der Waals surface area contributed by atoms with Crippen molar-refractivity contribution in [2.75, 3.05) is 52.1 Å². The maximum Gasteiger partial charge on any atom is 0.251 e.